The lowest BCUT2D eigenvalue weighted by molar-refractivity contribution is 0.312. The van der Waals surface area contributed by atoms with Gasteiger partial charge >= 0.3 is 0 Å². The maximum absolute atomic E-state index is 6.24. The second-order valence-corrected chi connectivity index (χ2v) is 4.61. The number of ether oxygens (including phenoxy) is 1. The topological polar surface area (TPSA) is 61.3 Å². The van der Waals surface area contributed by atoms with E-state index in [1.54, 1.807) is 0 Å². The van der Waals surface area contributed by atoms with Crippen LogP contribution in [0.5, 0.6) is 5.75 Å². The van der Waals surface area contributed by atoms with Crippen LogP contribution in [0, 0.1) is 13.8 Å². The number of nitrogens with two attached hydrogens (primary N) is 2. The molecule has 1 atom stereocenters. The summed E-state index contributed by atoms with van der Waals surface area (Å²) in [5, 5.41) is 0.743. The fraction of sp³-hybridized carbons (Fsp3) is 0.538. The molecule has 0 fully saturated rings. The molecule has 1 aromatic rings. The third-order valence-electron chi connectivity index (χ3n) is 2.78. The van der Waals surface area contributed by atoms with Crippen molar-refractivity contribution in [1.29, 1.82) is 0 Å². The fourth-order valence-electron chi connectivity index (χ4n) is 1.85. The molecule has 0 saturated heterocycles. The van der Waals surface area contributed by atoms with Crippen molar-refractivity contribution in [2.45, 2.75) is 33.2 Å². The molecule has 4 heteroatoms. The summed E-state index contributed by atoms with van der Waals surface area (Å²) >= 11 is 6.24. The zero-order valence-electron chi connectivity index (χ0n) is 10.7. The number of rotatable bonds is 5. The van der Waals surface area contributed by atoms with Crippen LogP contribution in [-0.2, 0) is 0 Å². The second kappa shape index (κ2) is 6.24. The third kappa shape index (κ3) is 3.12. The highest BCUT2D eigenvalue weighted by Crippen LogP contribution is 2.34. The first-order valence-corrected chi connectivity index (χ1v) is 6.28. The number of hydrogen-bond acceptors (Lipinski definition) is 3. The minimum atomic E-state index is -0.236. The summed E-state index contributed by atoms with van der Waals surface area (Å²) in [5.74, 6) is 0.809. The Hall–Kier alpha value is -0.770. The van der Waals surface area contributed by atoms with Gasteiger partial charge < -0.3 is 16.2 Å². The molecule has 0 radical (unpaired) electrons. The van der Waals surface area contributed by atoms with Crippen LogP contribution < -0.4 is 16.2 Å². The van der Waals surface area contributed by atoms with Gasteiger partial charge in [-0.25, -0.2) is 0 Å². The van der Waals surface area contributed by atoms with Crippen molar-refractivity contribution in [1.82, 2.24) is 0 Å². The summed E-state index contributed by atoms with van der Waals surface area (Å²) in [6.07, 6.45) is 0.956. The van der Waals surface area contributed by atoms with E-state index in [0.717, 1.165) is 33.9 Å². The van der Waals surface area contributed by atoms with Gasteiger partial charge in [0.1, 0.15) is 5.75 Å². The lowest BCUT2D eigenvalue weighted by atomic mass is 9.98. The van der Waals surface area contributed by atoms with E-state index in [9.17, 15) is 0 Å². The minimum absolute atomic E-state index is 0.236. The average Bonchev–Trinajstić information content (AvgIpc) is 2.32. The van der Waals surface area contributed by atoms with E-state index >= 15 is 0 Å². The smallest absolute Gasteiger partial charge is 0.124 e. The van der Waals surface area contributed by atoms with Crippen molar-refractivity contribution < 1.29 is 4.74 Å². The predicted octanol–water partition coefficient (Wildman–Crippen LogP) is 2.70. The van der Waals surface area contributed by atoms with Crippen LogP contribution >= 0.6 is 11.6 Å². The molecule has 0 bridgehead atoms. The molecule has 0 heterocycles. The molecule has 0 aromatic heterocycles. The Bertz CT molecular complexity index is 393. The highest BCUT2D eigenvalue weighted by atomic mass is 35.5. The summed E-state index contributed by atoms with van der Waals surface area (Å²) in [4.78, 5) is 0. The summed E-state index contributed by atoms with van der Waals surface area (Å²) in [6.45, 7) is 7.04. The highest BCUT2D eigenvalue weighted by Gasteiger charge is 2.17. The second-order valence-electron chi connectivity index (χ2n) is 4.23. The van der Waals surface area contributed by atoms with Crippen molar-refractivity contribution in [3.05, 3.63) is 27.8 Å². The first kappa shape index (κ1) is 14.3. The molecule has 1 aromatic carbocycles. The Morgan fingerprint density at radius 1 is 1.41 bits per heavy atom. The van der Waals surface area contributed by atoms with Crippen LogP contribution in [0.15, 0.2) is 6.07 Å². The Morgan fingerprint density at radius 2 is 2.06 bits per heavy atom. The SMILES string of the molecule is CCCOc1cc(C)c(Cl)c(C)c1C(N)CN. The molecule has 0 spiro atoms. The summed E-state index contributed by atoms with van der Waals surface area (Å²) in [5.41, 5.74) is 14.6. The molecule has 17 heavy (non-hydrogen) atoms. The molecule has 0 saturated carbocycles. The molecule has 0 aliphatic carbocycles. The standard InChI is InChI=1S/C13H21ClN2O/c1-4-5-17-11-6-8(2)13(14)9(3)12(11)10(16)7-15/h6,10H,4-5,7,15-16H2,1-3H3. The van der Waals surface area contributed by atoms with E-state index in [0.29, 0.717) is 13.2 Å². The van der Waals surface area contributed by atoms with Crippen molar-refractivity contribution in [3.63, 3.8) is 0 Å². The van der Waals surface area contributed by atoms with Crippen molar-refractivity contribution in [3.8, 4) is 5.75 Å². The van der Waals surface area contributed by atoms with Gasteiger partial charge in [0.05, 0.1) is 6.61 Å². The van der Waals surface area contributed by atoms with Crippen molar-refractivity contribution >= 4 is 11.6 Å². The predicted molar refractivity (Wildman–Crippen MR) is 72.7 cm³/mol. The molecule has 4 N–H and O–H groups in total. The molecule has 0 amide bonds. The van der Waals surface area contributed by atoms with Gasteiger partial charge in [-0.1, -0.05) is 18.5 Å². The Balaban J connectivity index is 3.25. The zero-order valence-corrected chi connectivity index (χ0v) is 11.5. The van der Waals surface area contributed by atoms with Crippen molar-refractivity contribution in [2.75, 3.05) is 13.2 Å². The average molecular weight is 257 g/mol. The first-order valence-electron chi connectivity index (χ1n) is 5.90. The molecule has 0 aliphatic rings. The van der Waals surface area contributed by atoms with Crippen molar-refractivity contribution in [2.24, 2.45) is 11.5 Å². The Labute approximate surface area is 108 Å². The van der Waals surface area contributed by atoms with Gasteiger partial charge in [-0.3, -0.25) is 0 Å². The van der Waals surface area contributed by atoms with E-state index < -0.39 is 0 Å². The van der Waals surface area contributed by atoms with E-state index in [1.165, 1.54) is 0 Å². The van der Waals surface area contributed by atoms with Gasteiger partial charge in [-0.2, -0.15) is 0 Å². The molecule has 1 rings (SSSR count). The van der Waals surface area contributed by atoms with E-state index in [4.69, 9.17) is 27.8 Å². The van der Waals surface area contributed by atoms with Gasteiger partial charge in [0.2, 0.25) is 0 Å². The maximum atomic E-state index is 6.24. The van der Waals surface area contributed by atoms with Gasteiger partial charge in [0.15, 0.2) is 0 Å². The molecular formula is C13H21ClN2O. The lowest BCUT2D eigenvalue weighted by Gasteiger charge is -2.20. The molecular weight excluding hydrogens is 236 g/mol. The van der Waals surface area contributed by atoms with Crippen LogP contribution in [0.3, 0.4) is 0 Å². The van der Waals surface area contributed by atoms with Gasteiger partial charge in [-0.05, 0) is 37.5 Å². The molecule has 0 aliphatic heterocycles. The number of aryl methyl sites for hydroxylation is 1. The van der Waals surface area contributed by atoms with Crippen LogP contribution in [0.4, 0.5) is 0 Å². The summed E-state index contributed by atoms with van der Waals surface area (Å²) in [6, 6.07) is 1.70. The minimum Gasteiger partial charge on any atom is -0.493 e. The third-order valence-corrected chi connectivity index (χ3v) is 3.36. The quantitative estimate of drug-likeness (QED) is 0.852. The van der Waals surface area contributed by atoms with Gasteiger partial charge in [0.25, 0.3) is 0 Å². The number of hydrogen-bond donors (Lipinski definition) is 2. The van der Waals surface area contributed by atoms with Gasteiger partial charge in [-0.15, -0.1) is 0 Å². The van der Waals surface area contributed by atoms with Crippen LogP contribution in [0.2, 0.25) is 5.02 Å². The highest BCUT2D eigenvalue weighted by molar-refractivity contribution is 6.32. The number of benzene rings is 1. The Kier molecular flexibility index (Phi) is 5.25. The monoisotopic (exact) mass is 256 g/mol. The first-order chi connectivity index (χ1) is 8.02. The maximum Gasteiger partial charge on any atom is 0.124 e. The lowest BCUT2D eigenvalue weighted by Crippen LogP contribution is -2.23. The summed E-state index contributed by atoms with van der Waals surface area (Å²) in [7, 11) is 0. The molecule has 96 valence electrons. The fourth-order valence-corrected chi connectivity index (χ4v) is 2.00. The van der Waals surface area contributed by atoms with Crippen LogP contribution in [0.25, 0.3) is 0 Å². The molecule has 1 unspecified atom stereocenters. The molecule has 3 nitrogen and oxygen atoms in total. The number of halogens is 1. The normalized spacial score (nSPS) is 12.6. The Morgan fingerprint density at radius 3 is 2.59 bits per heavy atom. The summed E-state index contributed by atoms with van der Waals surface area (Å²) < 4.78 is 5.73. The van der Waals surface area contributed by atoms with E-state index in [1.807, 2.05) is 19.9 Å². The zero-order chi connectivity index (χ0) is 13.0. The van der Waals surface area contributed by atoms with Gasteiger partial charge in [0, 0.05) is 23.2 Å². The van der Waals surface area contributed by atoms with E-state index in [2.05, 4.69) is 6.92 Å². The van der Waals surface area contributed by atoms with Crippen LogP contribution in [-0.4, -0.2) is 13.2 Å². The van der Waals surface area contributed by atoms with E-state index in [-0.39, 0.29) is 6.04 Å². The van der Waals surface area contributed by atoms with Crippen LogP contribution in [0.1, 0.15) is 36.1 Å². The largest absolute Gasteiger partial charge is 0.493 e.